The van der Waals surface area contributed by atoms with Crippen molar-refractivity contribution in [2.45, 2.75) is 11.8 Å². The van der Waals surface area contributed by atoms with E-state index in [4.69, 9.17) is 23.2 Å². The number of aryl methyl sites for hydroxylation is 1. The van der Waals surface area contributed by atoms with E-state index in [2.05, 4.69) is 20.0 Å². The van der Waals surface area contributed by atoms with E-state index in [1.807, 2.05) is 6.07 Å². The van der Waals surface area contributed by atoms with Gasteiger partial charge in [-0.25, -0.2) is 8.42 Å². The zero-order valence-corrected chi connectivity index (χ0v) is 16.8. The number of nitrogens with zero attached hydrogens (tertiary/aromatic N) is 4. The van der Waals surface area contributed by atoms with Crippen molar-refractivity contribution in [3.63, 3.8) is 0 Å². The Morgan fingerprint density at radius 2 is 1.79 bits per heavy atom. The molecule has 0 aliphatic rings. The molecule has 0 unspecified atom stereocenters. The van der Waals surface area contributed by atoms with E-state index in [1.54, 1.807) is 41.8 Å². The van der Waals surface area contributed by atoms with E-state index in [0.29, 0.717) is 22.9 Å². The summed E-state index contributed by atoms with van der Waals surface area (Å²) in [6, 6.07) is 14.7. The highest BCUT2D eigenvalue weighted by atomic mass is 35.5. The molecule has 1 N–H and O–H groups in total. The van der Waals surface area contributed by atoms with E-state index in [0.717, 1.165) is 5.56 Å². The fraction of sp³-hybridized carbons (Fsp3) is 0.0556. The Kier molecular flexibility index (Phi) is 4.70. The lowest BCUT2D eigenvalue weighted by Crippen LogP contribution is -2.13. The number of halogens is 2. The Hall–Kier alpha value is -2.68. The van der Waals surface area contributed by atoms with Crippen LogP contribution in [0.25, 0.3) is 16.9 Å². The van der Waals surface area contributed by atoms with Crippen LogP contribution >= 0.6 is 23.2 Å². The molecule has 0 fully saturated rings. The second-order valence-corrected chi connectivity index (χ2v) is 8.49. The summed E-state index contributed by atoms with van der Waals surface area (Å²) in [5.41, 5.74) is 2.43. The van der Waals surface area contributed by atoms with Crippen molar-refractivity contribution in [1.82, 2.24) is 19.8 Å². The Balaban J connectivity index is 1.68. The summed E-state index contributed by atoms with van der Waals surface area (Å²) in [4.78, 5) is 0.0203. The number of hydrogen-bond acceptors (Lipinski definition) is 5. The average Bonchev–Trinajstić information content (AvgIpc) is 3.04. The first-order chi connectivity index (χ1) is 13.3. The summed E-state index contributed by atoms with van der Waals surface area (Å²) >= 11 is 11.8. The highest BCUT2D eigenvalue weighted by Crippen LogP contribution is 2.27. The monoisotopic (exact) mass is 433 g/mol. The third-order valence-electron chi connectivity index (χ3n) is 4.03. The van der Waals surface area contributed by atoms with E-state index in [1.165, 1.54) is 18.2 Å². The summed E-state index contributed by atoms with van der Waals surface area (Å²) in [7, 11) is -3.82. The third-order valence-corrected chi connectivity index (χ3v) is 6.15. The van der Waals surface area contributed by atoms with Gasteiger partial charge >= 0.3 is 0 Å². The van der Waals surface area contributed by atoms with Gasteiger partial charge in [-0.3, -0.25) is 4.72 Å². The van der Waals surface area contributed by atoms with Crippen molar-refractivity contribution in [3.05, 3.63) is 70.5 Å². The predicted molar refractivity (Wildman–Crippen MR) is 108 cm³/mol. The fourth-order valence-electron chi connectivity index (χ4n) is 2.65. The van der Waals surface area contributed by atoms with Crippen LogP contribution in [0, 0.1) is 6.92 Å². The molecule has 0 spiro atoms. The number of aromatic nitrogens is 4. The minimum atomic E-state index is -3.82. The Labute approximate surface area is 171 Å². The molecule has 0 saturated heterocycles. The van der Waals surface area contributed by atoms with Gasteiger partial charge in [0.25, 0.3) is 10.0 Å². The van der Waals surface area contributed by atoms with Gasteiger partial charge in [-0.1, -0.05) is 35.3 Å². The van der Waals surface area contributed by atoms with Crippen LogP contribution in [0.2, 0.25) is 10.0 Å². The average molecular weight is 434 g/mol. The van der Waals surface area contributed by atoms with E-state index >= 15 is 0 Å². The van der Waals surface area contributed by atoms with Crippen LogP contribution in [0.5, 0.6) is 0 Å². The van der Waals surface area contributed by atoms with Crippen LogP contribution in [0.4, 0.5) is 5.69 Å². The van der Waals surface area contributed by atoms with E-state index in [-0.39, 0.29) is 14.9 Å². The summed E-state index contributed by atoms with van der Waals surface area (Å²) in [6.07, 6.45) is 0. The first kappa shape index (κ1) is 18.7. The van der Waals surface area contributed by atoms with Crippen molar-refractivity contribution < 1.29 is 8.42 Å². The van der Waals surface area contributed by atoms with Gasteiger partial charge in [-0.2, -0.15) is 9.61 Å². The van der Waals surface area contributed by atoms with Crippen molar-refractivity contribution in [2.75, 3.05) is 4.72 Å². The molecule has 2 aromatic carbocycles. The molecular weight excluding hydrogens is 421 g/mol. The minimum absolute atomic E-state index is 0.0203. The second-order valence-electron chi connectivity index (χ2n) is 6.00. The standard InChI is InChI=1S/C18H13Cl2N5O2S/c1-11-21-22-18-8-7-17(23-25(11)18)12-3-2-4-13(9-12)24-28(26,27)14-5-6-15(19)16(20)10-14/h2-10,24H,1H3. The van der Waals surface area contributed by atoms with Crippen molar-refractivity contribution in [1.29, 1.82) is 0 Å². The first-order valence-corrected chi connectivity index (χ1v) is 10.3. The Morgan fingerprint density at radius 1 is 0.964 bits per heavy atom. The molecule has 7 nitrogen and oxygen atoms in total. The summed E-state index contributed by atoms with van der Waals surface area (Å²) in [6.45, 7) is 1.80. The van der Waals surface area contributed by atoms with Crippen LogP contribution in [0.1, 0.15) is 5.82 Å². The molecule has 2 aromatic heterocycles. The van der Waals surface area contributed by atoms with Crippen LogP contribution in [0.3, 0.4) is 0 Å². The molecule has 10 heteroatoms. The largest absolute Gasteiger partial charge is 0.280 e. The number of benzene rings is 2. The lowest BCUT2D eigenvalue weighted by molar-refractivity contribution is 0.601. The van der Waals surface area contributed by atoms with E-state index < -0.39 is 10.0 Å². The lowest BCUT2D eigenvalue weighted by atomic mass is 10.1. The molecule has 0 saturated carbocycles. The number of hydrogen-bond donors (Lipinski definition) is 1. The van der Waals surface area contributed by atoms with Gasteiger partial charge in [0.1, 0.15) is 0 Å². The van der Waals surface area contributed by atoms with Crippen molar-refractivity contribution in [3.8, 4) is 11.3 Å². The molecular formula is C18H13Cl2N5O2S. The smallest absolute Gasteiger partial charge is 0.261 e. The molecule has 2 heterocycles. The highest BCUT2D eigenvalue weighted by molar-refractivity contribution is 7.92. The Bertz CT molecular complexity index is 1300. The van der Waals surface area contributed by atoms with Crippen molar-refractivity contribution >= 4 is 44.6 Å². The van der Waals surface area contributed by atoms with Crippen LogP contribution in [-0.4, -0.2) is 28.2 Å². The molecule has 28 heavy (non-hydrogen) atoms. The van der Waals surface area contributed by atoms with Gasteiger partial charge in [0.2, 0.25) is 0 Å². The Morgan fingerprint density at radius 3 is 2.57 bits per heavy atom. The van der Waals surface area contributed by atoms with Crippen LogP contribution in [-0.2, 0) is 10.0 Å². The molecule has 0 atom stereocenters. The van der Waals surface area contributed by atoms with Crippen LogP contribution < -0.4 is 4.72 Å². The van der Waals surface area contributed by atoms with Gasteiger partial charge in [-0.05, 0) is 49.4 Å². The molecule has 4 aromatic rings. The van der Waals surface area contributed by atoms with Gasteiger partial charge in [0, 0.05) is 11.3 Å². The number of anilines is 1. The summed E-state index contributed by atoms with van der Waals surface area (Å²) in [5, 5.41) is 12.9. The second kappa shape index (κ2) is 7.05. The predicted octanol–water partition coefficient (Wildman–Crippen LogP) is 4.21. The quantitative estimate of drug-likeness (QED) is 0.520. The summed E-state index contributed by atoms with van der Waals surface area (Å²) < 4.78 is 29.5. The summed E-state index contributed by atoms with van der Waals surface area (Å²) in [5.74, 6) is 0.660. The first-order valence-electron chi connectivity index (χ1n) is 8.11. The number of rotatable bonds is 4. The molecule has 0 aliphatic carbocycles. The van der Waals surface area contributed by atoms with Crippen LogP contribution in [0.15, 0.2) is 59.5 Å². The van der Waals surface area contributed by atoms with Gasteiger partial charge < -0.3 is 0 Å². The molecule has 142 valence electrons. The molecule has 0 aliphatic heterocycles. The van der Waals surface area contributed by atoms with Crippen molar-refractivity contribution in [2.24, 2.45) is 0 Å². The third kappa shape index (κ3) is 3.54. The van der Waals surface area contributed by atoms with Gasteiger partial charge in [-0.15, -0.1) is 10.2 Å². The maximum atomic E-state index is 12.6. The molecule has 0 radical (unpaired) electrons. The topological polar surface area (TPSA) is 89.2 Å². The SMILES string of the molecule is Cc1nnc2ccc(-c3cccc(NS(=O)(=O)c4ccc(Cl)c(Cl)c4)c3)nn12. The zero-order valence-electron chi connectivity index (χ0n) is 14.5. The number of fused-ring (bicyclic) bond motifs is 1. The van der Waals surface area contributed by atoms with E-state index in [9.17, 15) is 8.42 Å². The maximum absolute atomic E-state index is 12.6. The minimum Gasteiger partial charge on any atom is -0.280 e. The molecule has 0 amide bonds. The van der Waals surface area contributed by atoms with Gasteiger partial charge in [0.05, 0.1) is 20.6 Å². The molecule has 0 bridgehead atoms. The van der Waals surface area contributed by atoms with Gasteiger partial charge in [0.15, 0.2) is 11.5 Å². The number of nitrogens with one attached hydrogen (secondary N) is 1. The zero-order chi connectivity index (χ0) is 19.9. The number of sulfonamides is 1. The maximum Gasteiger partial charge on any atom is 0.261 e. The lowest BCUT2D eigenvalue weighted by Gasteiger charge is -2.10. The molecule has 4 rings (SSSR count). The highest BCUT2D eigenvalue weighted by Gasteiger charge is 2.16. The fourth-order valence-corrected chi connectivity index (χ4v) is 4.09. The normalized spacial score (nSPS) is 11.7.